The van der Waals surface area contributed by atoms with E-state index in [9.17, 15) is 0 Å². The Bertz CT molecular complexity index is 2920. The zero-order chi connectivity index (χ0) is 33.5. The van der Waals surface area contributed by atoms with Gasteiger partial charge < -0.3 is 9.13 Å². The minimum Gasteiger partial charge on any atom is -0.309 e. The Morgan fingerprint density at radius 3 is 1.27 bits per heavy atom. The van der Waals surface area contributed by atoms with Crippen LogP contribution in [0.25, 0.3) is 97.4 Å². The Kier molecular flexibility index (Phi) is 6.16. The molecule has 11 rings (SSSR count). The van der Waals surface area contributed by atoms with Crippen molar-refractivity contribution in [2.24, 2.45) is 0 Å². The highest BCUT2D eigenvalue weighted by Crippen LogP contribution is 2.44. The third kappa shape index (κ3) is 4.22. The quantitative estimate of drug-likeness (QED) is 0.177. The van der Waals surface area contributed by atoms with Crippen molar-refractivity contribution in [2.45, 2.75) is 0 Å². The summed E-state index contributed by atoms with van der Waals surface area (Å²) in [7, 11) is 0. The molecule has 0 bridgehead atoms. The van der Waals surface area contributed by atoms with Crippen molar-refractivity contribution < 1.29 is 0 Å². The summed E-state index contributed by atoms with van der Waals surface area (Å²) < 4.78 is 7.54. The summed E-state index contributed by atoms with van der Waals surface area (Å²) in [6, 6.07) is 66.8. The molecule has 3 heterocycles. The average molecular weight is 667 g/mol. The van der Waals surface area contributed by atoms with Crippen LogP contribution in [0.2, 0.25) is 0 Å². The van der Waals surface area contributed by atoms with Gasteiger partial charge in [-0.05, 0) is 65.2 Å². The van der Waals surface area contributed by atoms with Crippen LogP contribution in [0, 0.1) is 0 Å². The van der Waals surface area contributed by atoms with Gasteiger partial charge in [0.15, 0.2) is 0 Å². The van der Waals surface area contributed by atoms with Crippen LogP contribution in [0.1, 0.15) is 0 Å². The fourth-order valence-electron chi connectivity index (χ4n) is 8.34. The van der Waals surface area contributed by atoms with Crippen LogP contribution in [0.4, 0.5) is 0 Å². The normalized spacial score (nSPS) is 11.9. The molecular formula is C48H30N2S. The van der Waals surface area contributed by atoms with Crippen LogP contribution in [0.5, 0.6) is 0 Å². The van der Waals surface area contributed by atoms with Crippen LogP contribution in [0.3, 0.4) is 0 Å². The second-order valence-corrected chi connectivity index (χ2v) is 14.4. The highest BCUT2D eigenvalue weighted by atomic mass is 32.1. The predicted molar refractivity (Wildman–Crippen MR) is 219 cm³/mol. The van der Waals surface area contributed by atoms with E-state index >= 15 is 0 Å². The molecule has 0 N–H and O–H groups in total. The number of hydrogen-bond donors (Lipinski definition) is 0. The summed E-state index contributed by atoms with van der Waals surface area (Å²) in [6.45, 7) is 0. The summed E-state index contributed by atoms with van der Waals surface area (Å²) in [5, 5.41) is 7.66. The van der Waals surface area contributed by atoms with Crippen molar-refractivity contribution in [2.75, 3.05) is 0 Å². The smallest absolute Gasteiger partial charge is 0.0541 e. The Balaban J connectivity index is 1.25. The van der Waals surface area contributed by atoms with Crippen molar-refractivity contribution in [3.8, 4) is 33.6 Å². The van der Waals surface area contributed by atoms with Crippen LogP contribution >= 0.6 is 11.3 Å². The summed E-state index contributed by atoms with van der Waals surface area (Å²) >= 11 is 1.89. The van der Waals surface area contributed by atoms with Gasteiger partial charge in [0.1, 0.15) is 0 Å². The first-order valence-corrected chi connectivity index (χ1v) is 18.3. The Hall–Kier alpha value is -6.42. The lowest BCUT2D eigenvalue weighted by molar-refractivity contribution is 1.13. The van der Waals surface area contributed by atoms with Crippen molar-refractivity contribution in [3.05, 3.63) is 182 Å². The molecule has 0 aliphatic rings. The zero-order valence-corrected chi connectivity index (χ0v) is 28.4. The van der Waals surface area contributed by atoms with Gasteiger partial charge in [-0.2, -0.15) is 0 Å². The van der Waals surface area contributed by atoms with E-state index < -0.39 is 0 Å². The van der Waals surface area contributed by atoms with E-state index in [-0.39, 0.29) is 0 Å². The molecule has 3 aromatic heterocycles. The molecule has 238 valence electrons. The van der Waals surface area contributed by atoms with Crippen molar-refractivity contribution in [1.29, 1.82) is 0 Å². The molecule has 0 atom stereocenters. The van der Waals surface area contributed by atoms with Gasteiger partial charge in [-0.15, -0.1) is 11.3 Å². The number of benzene rings is 8. The van der Waals surface area contributed by atoms with E-state index in [2.05, 4.69) is 191 Å². The maximum atomic E-state index is 2.45. The number of thiophene rings is 1. The molecule has 0 unspecified atom stereocenters. The van der Waals surface area contributed by atoms with Crippen LogP contribution in [-0.4, -0.2) is 9.13 Å². The highest BCUT2D eigenvalue weighted by Gasteiger charge is 2.19. The Morgan fingerprint density at radius 1 is 0.314 bits per heavy atom. The minimum atomic E-state index is 1.14. The lowest BCUT2D eigenvalue weighted by Gasteiger charge is -2.17. The van der Waals surface area contributed by atoms with Gasteiger partial charge in [-0.25, -0.2) is 0 Å². The number of fused-ring (bicyclic) bond motifs is 9. The molecule has 11 aromatic rings. The molecule has 0 radical (unpaired) electrons. The van der Waals surface area contributed by atoms with Crippen molar-refractivity contribution in [3.63, 3.8) is 0 Å². The molecule has 0 saturated carbocycles. The molecule has 0 saturated heterocycles. The monoisotopic (exact) mass is 666 g/mol. The highest BCUT2D eigenvalue weighted by molar-refractivity contribution is 7.26. The van der Waals surface area contributed by atoms with Gasteiger partial charge in [0.05, 0.1) is 22.1 Å². The molecule has 0 aliphatic carbocycles. The largest absolute Gasteiger partial charge is 0.309 e. The van der Waals surface area contributed by atoms with Gasteiger partial charge in [0.25, 0.3) is 0 Å². The van der Waals surface area contributed by atoms with Crippen LogP contribution in [-0.2, 0) is 0 Å². The standard InChI is InChI=1S/C48H30N2S/c1-2-15-35(41-21-13-22-42-40-20-7-12-27-47(40)51-48(41)42)34(14-1)31-28-32(49-43-23-8-3-16-36(43)37-17-4-9-24-44(37)49)30-33(29-31)50-45-25-10-5-18-38(45)39-19-6-11-26-46(39)50/h1-30H. The van der Waals surface area contributed by atoms with E-state index in [0.717, 1.165) is 11.4 Å². The van der Waals surface area contributed by atoms with Crippen molar-refractivity contribution in [1.82, 2.24) is 9.13 Å². The first-order valence-electron chi connectivity index (χ1n) is 17.4. The molecule has 51 heavy (non-hydrogen) atoms. The average Bonchev–Trinajstić information content (AvgIpc) is 3.86. The number of nitrogens with zero attached hydrogens (tertiary/aromatic N) is 2. The zero-order valence-electron chi connectivity index (χ0n) is 27.6. The molecule has 0 fully saturated rings. The maximum Gasteiger partial charge on any atom is 0.0541 e. The lowest BCUT2D eigenvalue weighted by Crippen LogP contribution is -2.00. The maximum absolute atomic E-state index is 2.45. The summed E-state index contributed by atoms with van der Waals surface area (Å²) in [6.07, 6.45) is 0. The molecule has 0 spiro atoms. The summed E-state index contributed by atoms with van der Waals surface area (Å²) in [4.78, 5) is 0. The SMILES string of the molecule is c1ccc(-c2cccc3c2sc2ccccc23)c(-c2cc(-n3c4ccccc4c4ccccc43)cc(-n3c4ccccc4c4ccccc43)c2)c1. The third-order valence-corrected chi connectivity index (χ3v) is 11.7. The fourth-order valence-corrected chi connectivity index (χ4v) is 9.57. The topological polar surface area (TPSA) is 9.86 Å². The molecule has 8 aromatic carbocycles. The predicted octanol–water partition coefficient (Wildman–Crippen LogP) is 13.6. The number of hydrogen-bond acceptors (Lipinski definition) is 1. The van der Waals surface area contributed by atoms with Gasteiger partial charge in [-0.1, -0.05) is 133 Å². The minimum absolute atomic E-state index is 1.14. The number of aromatic nitrogens is 2. The summed E-state index contributed by atoms with van der Waals surface area (Å²) in [5.74, 6) is 0. The van der Waals surface area contributed by atoms with Gasteiger partial charge in [-0.3, -0.25) is 0 Å². The fraction of sp³-hybridized carbons (Fsp3) is 0. The van der Waals surface area contributed by atoms with Crippen LogP contribution in [0.15, 0.2) is 182 Å². The van der Waals surface area contributed by atoms with Gasteiger partial charge in [0.2, 0.25) is 0 Å². The Morgan fingerprint density at radius 2 is 0.725 bits per heavy atom. The van der Waals surface area contributed by atoms with E-state index in [4.69, 9.17) is 0 Å². The van der Waals surface area contributed by atoms with E-state index in [1.807, 2.05) is 11.3 Å². The second kappa shape index (κ2) is 11.0. The van der Waals surface area contributed by atoms with Gasteiger partial charge in [0, 0.05) is 58.7 Å². The third-order valence-electron chi connectivity index (χ3n) is 10.5. The molecule has 3 heteroatoms. The molecule has 2 nitrogen and oxygen atoms in total. The van der Waals surface area contributed by atoms with Crippen LogP contribution < -0.4 is 0 Å². The lowest BCUT2D eigenvalue weighted by atomic mass is 9.93. The van der Waals surface area contributed by atoms with E-state index in [1.165, 1.54) is 86.0 Å². The Labute approximate surface area is 298 Å². The molecule has 0 aliphatic heterocycles. The van der Waals surface area contributed by atoms with Crippen molar-refractivity contribution >= 4 is 75.1 Å². The van der Waals surface area contributed by atoms with E-state index in [0.29, 0.717) is 0 Å². The first kappa shape index (κ1) is 28.4. The number of rotatable bonds is 4. The second-order valence-electron chi connectivity index (χ2n) is 13.3. The van der Waals surface area contributed by atoms with Gasteiger partial charge >= 0.3 is 0 Å². The van der Waals surface area contributed by atoms with E-state index in [1.54, 1.807) is 0 Å². The molecule has 0 amide bonds. The number of para-hydroxylation sites is 4. The molecular weight excluding hydrogens is 637 g/mol. The first-order chi connectivity index (χ1) is 25.3. The summed E-state index contributed by atoms with van der Waals surface area (Å²) in [5.41, 5.74) is 12.0.